The molecule has 6 nitrogen and oxygen atoms in total. The fourth-order valence-electron chi connectivity index (χ4n) is 3.89. The lowest BCUT2D eigenvalue weighted by Crippen LogP contribution is -2.32. The number of carbonyl (C=O) groups is 2. The van der Waals surface area contributed by atoms with Crippen molar-refractivity contribution in [2.24, 2.45) is 0 Å². The standard InChI is InChI=1S/C28H28ClN3O3/c1-2-16-32(28(34)24-12-6-7-13-25(24)29)19-22-11-8-17-31(22)20-23-14-15-26(35-23)27(33)30-18-21-9-4-3-5-10-21/h3-15,17H,2,16,18-20H2,1H3,(H,30,33). The summed E-state index contributed by atoms with van der Waals surface area (Å²) >= 11 is 6.27. The summed E-state index contributed by atoms with van der Waals surface area (Å²) in [6, 6.07) is 24.2. The number of halogens is 1. The molecule has 0 aliphatic heterocycles. The van der Waals surface area contributed by atoms with Crippen molar-refractivity contribution in [3.8, 4) is 0 Å². The normalized spacial score (nSPS) is 10.8. The Morgan fingerprint density at radius 2 is 1.74 bits per heavy atom. The first-order valence-electron chi connectivity index (χ1n) is 11.6. The topological polar surface area (TPSA) is 67.5 Å². The van der Waals surface area contributed by atoms with E-state index in [4.69, 9.17) is 16.0 Å². The largest absolute Gasteiger partial charge is 0.454 e. The molecule has 0 fully saturated rings. The summed E-state index contributed by atoms with van der Waals surface area (Å²) in [6.07, 6.45) is 2.77. The third-order valence-corrected chi connectivity index (χ3v) is 6.00. The van der Waals surface area contributed by atoms with Crippen LogP contribution >= 0.6 is 11.6 Å². The molecule has 4 rings (SSSR count). The van der Waals surface area contributed by atoms with Gasteiger partial charge in [0.15, 0.2) is 5.76 Å². The lowest BCUT2D eigenvalue weighted by Gasteiger charge is -2.23. The molecule has 0 radical (unpaired) electrons. The molecule has 2 amide bonds. The molecule has 7 heteroatoms. The van der Waals surface area contributed by atoms with Gasteiger partial charge in [-0.05, 0) is 48.4 Å². The maximum atomic E-state index is 13.2. The molecular formula is C28H28ClN3O3. The summed E-state index contributed by atoms with van der Waals surface area (Å²) in [6.45, 7) is 3.98. The third-order valence-electron chi connectivity index (χ3n) is 5.67. The minimum Gasteiger partial charge on any atom is -0.454 e. The van der Waals surface area contributed by atoms with Crippen molar-refractivity contribution in [2.45, 2.75) is 33.0 Å². The van der Waals surface area contributed by atoms with Gasteiger partial charge in [0.2, 0.25) is 0 Å². The monoisotopic (exact) mass is 489 g/mol. The Bertz CT molecular complexity index is 1280. The van der Waals surface area contributed by atoms with Gasteiger partial charge in [0.1, 0.15) is 5.76 Å². The molecule has 0 aliphatic carbocycles. The molecule has 180 valence electrons. The average Bonchev–Trinajstić information content (AvgIpc) is 3.53. The zero-order valence-corrected chi connectivity index (χ0v) is 20.4. The predicted octanol–water partition coefficient (Wildman–Crippen LogP) is 5.77. The summed E-state index contributed by atoms with van der Waals surface area (Å²) in [5, 5.41) is 3.32. The minimum absolute atomic E-state index is 0.0967. The summed E-state index contributed by atoms with van der Waals surface area (Å²) in [7, 11) is 0. The van der Waals surface area contributed by atoms with Crippen molar-refractivity contribution in [2.75, 3.05) is 6.54 Å². The summed E-state index contributed by atoms with van der Waals surface area (Å²) < 4.78 is 7.84. The van der Waals surface area contributed by atoms with Gasteiger partial charge in [-0.2, -0.15) is 0 Å². The highest BCUT2D eigenvalue weighted by molar-refractivity contribution is 6.33. The van der Waals surface area contributed by atoms with Gasteiger partial charge in [-0.25, -0.2) is 0 Å². The number of hydrogen-bond acceptors (Lipinski definition) is 3. The number of benzene rings is 2. The Balaban J connectivity index is 1.42. The van der Waals surface area contributed by atoms with Gasteiger partial charge in [0, 0.05) is 25.0 Å². The first kappa shape index (κ1) is 24.4. The van der Waals surface area contributed by atoms with E-state index in [1.165, 1.54) is 0 Å². The van der Waals surface area contributed by atoms with E-state index in [9.17, 15) is 9.59 Å². The van der Waals surface area contributed by atoms with Crippen LogP contribution in [0.3, 0.4) is 0 Å². The Labute approximate surface area is 210 Å². The molecule has 2 aromatic heterocycles. The highest BCUT2D eigenvalue weighted by Gasteiger charge is 2.19. The van der Waals surface area contributed by atoms with Gasteiger partial charge in [-0.3, -0.25) is 9.59 Å². The second-order valence-electron chi connectivity index (χ2n) is 8.27. The van der Waals surface area contributed by atoms with Crippen LogP contribution in [0.1, 0.15) is 51.3 Å². The van der Waals surface area contributed by atoms with Crippen molar-refractivity contribution in [3.05, 3.63) is 118 Å². The fraction of sp³-hybridized carbons (Fsp3) is 0.214. The van der Waals surface area contributed by atoms with Crippen LogP contribution in [0.25, 0.3) is 0 Å². The second kappa shape index (κ2) is 11.6. The Morgan fingerprint density at radius 1 is 0.971 bits per heavy atom. The summed E-state index contributed by atoms with van der Waals surface area (Å²) in [5.41, 5.74) is 2.48. The number of aromatic nitrogens is 1. The van der Waals surface area contributed by atoms with E-state index in [0.29, 0.717) is 42.5 Å². The fourth-order valence-corrected chi connectivity index (χ4v) is 4.10. The van der Waals surface area contributed by atoms with Gasteiger partial charge < -0.3 is 19.2 Å². The predicted molar refractivity (Wildman–Crippen MR) is 136 cm³/mol. The first-order valence-corrected chi connectivity index (χ1v) is 12.0. The SMILES string of the molecule is CCCN(Cc1cccn1Cc1ccc(C(=O)NCc2ccccc2)o1)C(=O)c1ccccc1Cl. The van der Waals surface area contributed by atoms with E-state index in [0.717, 1.165) is 17.7 Å². The Hall–Kier alpha value is -3.77. The van der Waals surface area contributed by atoms with Gasteiger partial charge in [0.05, 0.1) is 23.7 Å². The molecular weight excluding hydrogens is 462 g/mol. The zero-order chi connectivity index (χ0) is 24.6. The van der Waals surface area contributed by atoms with Gasteiger partial charge in [-0.1, -0.05) is 61.0 Å². The number of hydrogen-bond donors (Lipinski definition) is 1. The molecule has 0 bridgehead atoms. The van der Waals surface area contributed by atoms with E-state index in [2.05, 4.69) is 5.32 Å². The zero-order valence-electron chi connectivity index (χ0n) is 19.6. The van der Waals surface area contributed by atoms with E-state index >= 15 is 0 Å². The summed E-state index contributed by atoms with van der Waals surface area (Å²) in [4.78, 5) is 27.5. The molecule has 1 N–H and O–H groups in total. The smallest absolute Gasteiger partial charge is 0.287 e. The summed E-state index contributed by atoms with van der Waals surface area (Å²) in [5.74, 6) is 0.575. The van der Waals surface area contributed by atoms with Crippen LogP contribution in [0.15, 0.2) is 89.5 Å². The van der Waals surface area contributed by atoms with Crippen LogP contribution in [0.5, 0.6) is 0 Å². The van der Waals surface area contributed by atoms with Crippen LogP contribution in [-0.4, -0.2) is 27.8 Å². The van der Waals surface area contributed by atoms with E-state index in [1.807, 2.05) is 72.3 Å². The van der Waals surface area contributed by atoms with Crippen LogP contribution in [0.2, 0.25) is 5.02 Å². The van der Waals surface area contributed by atoms with Crippen molar-refractivity contribution in [1.82, 2.24) is 14.8 Å². The van der Waals surface area contributed by atoms with E-state index in [-0.39, 0.29) is 17.6 Å². The van der Waals surface area contributed by atoms with Gasteiger partial charge in [0.25, 0.3) is 11.8 Å². The number of nitrogens with zero attached hydrogens (tertiary/aromatic N) is 2. The number of rotatable bonds is 10. The number of amides is 2. The van der Waals surface area contributed by atoms with Crippen molar-refractivity contribution >= 4 is 23.4 Å². The van der Waals surface area contributed by atoms with Crippen LogP contribution in [0, 0.1) is 0 Å². The number of nitrogens with one attached hydrogen (secondary N) is 1. The maximum Gasteiger partial charge on any atom is 0.287 e. The average molecular weight is 490 g/mol. The lowest BCUT2D eigenvalue weighted by atomic mass is 10.2. The molecule has 0 unspecified atom stereocenters. The maximum absolute atomic E-state index is 13.2. The first-order chi connectivity index (χ1) is 17.0. The number of furan rings is 1. The molecule has 2 aromatic carbocycles. The Kier molecular flexibility index (Phi) is 8.06. The van der Waals surface area contributed by atoms with Gasteiger partial charge in [-0.15, -0.1) is 0 Å². The third kappa shape index (κ3) is 6.22. The number of carbonyl (C=O) groups excluding carboxylic acids is 2. The minimum atomic E-state index is -0.257. The second-order valence-corrected chi connectivity index (χ2v) is 8.68. The molecule has 2 heterocycles. The van der Waals surface area contributed by atoms with Crippen molar-refractivity contribution in [1.29, 1.82) is 0 Å². The lowest BCUT2D eigenvalue weighted by molar-refractivity contribution is 0.0739. The highest BCUT2D eigenvalue weighted by atomic mass is 35.5. The van der Waals surface area contributed by atoms with Crippen LogP contribution < -0.4 is 5.32 Å². The van der Waals surface area contributed by atoms with Crippen LogP contribution in [-0.2, 0) is 19.6 Å². The van der Waals surface area contributed by atoms with Gasteiger partial charge >= 0.3 is 0 Å². The van der Waals surface area contributed by atoms with E-state index in [1.54, 1.807) is 29.2 Å². The molecule has 4 aromatic rings. The molecule has 0 saturated carbocycles. The molecule has 0 aliphatic rings. The van der Waals surface area contributed by atoms with Crippen LogP contribution in [0.4, 0.5) is 0 Å². The molecule has 0 saturated heterocycles. The van der Waals surface area contributed by atoms with Crippen molar-refractivity contribution < 1.29 is 14.0 Å². The molecule has 0 atom stereocenters. The van der Waals surface area contributed by atoms with E-state index < -0.39 is 0 Å². The molecule has 35 heavy (non-hydrogen) atoms. The van der Waals surface area contributed by atoms with Crippen molar-refractivity contribution in [3.63, 3.8) is 0 Å². The Morgan fingerprint density at radius 3 is 2.51 bits per heavy atom. The quantitative estimate of drug-likeness (QED) is 0.307. The highest BCUT2D eigenvalue weighted by Crippen LogP contribution is 2.20. The molecule has 0 spiro atoms.